The third kappa shape index (κ3) is 3.41. The summed E-state index contributed by atoms with van der Waals surface area (Å²) in [5, 5.41) is -0.0314. The normalized spacial score (nSPS) is 11.6. The van der Waals surface area contributed by atoms with Gasteiger partial charge in [-0.25, -0.2) is 4.98 Å². The zero-order valence-corrected chi connectivity index (χ0v) is 15.4. The third-order valence-corrected chi connectivity index (χ3v) is 5.20. The third-order valence-electron chi connectivity index (χ3n) is 2.89. The molecule has 0 radical (unpaired) electrons. The van der Waals surface area contributed by atoms with E-state index in [-0.39, 0.29) is 5.03 Å². The van der Waals surface area contributed by atoms with Gasteiger partial charge in [-0.1, -0.05) is 15.9 Å². The van der Waals surface area contributed by atoms with Crippen molar-refractivity contribution in [1.29, 1.82) is 0 Å². The van der Waals surface area contributed by atoms with Crippen LogP contribution in [0.5, 0.6) is 0 Å². The Balaban J connectivity index is 2.42. The van der Waals surface area contributed by atoms with Crippen LogP contribution in [0.1, 0.15) is 12.7 Å². The molecule has 0 atom stereocenters. The largest absolute Gasteiger partial charge is 0.397 e. The van der Waals surface area contributed by atoms with Gasteiger partial charge in [0, 0.05) is 21.7 Å². The minimum absolute atomic E-state index is 0.0314. The fourth-order valence-electron chi connectivity index (χ4n) is 1.82. The van der Waals surface area contributed by atoms with E-state index in [2.05, 4.69) is 41.6 Å². The van der Waals surface area contributed by atoms with Crippen molar-refractivity contribution in [3.63, 3.8) is 0 Å². The van der Waals surface area contributed by atoms with Crippen molar-refractivity contribution in [1.82, 2.24) is 9.55 Å². The van der Waals surface area contributed by atoms with Gasteiger partial charge in [0.2, 0.25) is 0 Å². The quantitative estimate of drug-likeness (QED) is 0.719. The molecule has 1 heterocycles. The molecule has 0 unspecified atom stereocenters. The lowest BCUT2D eigenvalue weighted by atomic mass is 10.3. The molecule has 1 aromatic carbocycles. The molecular formula is C12H14Br2N4O2S. The lowest BCUT2D eigenvalue weighted by molar-refractivity contribution is 0.598. The van der Waals surface area contributed by atoms with E-state index in [9.17, 15) is 8.42 Å². The van der Waals surface area contributed by atoms with E-state index in [1.165, 1.54) is 6.20 Å². The van der Waals surface area contributed by atoms with Gasteiger partial charge in [-0.3, -0.25) is 4.72 Å². The van der Waals surface area contributed by atoms with Crippen LogP contribution in [0.25, 0.3) is 0 Å². The number of halogens is 2. The maximum atomic E-state index is 12.4. The summed E-state index contributed by atoms with van der Waals surface area (Å²) in [6.07, 6.45) is 1.50. The molecular weight excluding hydrogens is 424 g/mol. The van der Waals surface area contributed by atoms with Crippen molar-refractivity contribution in [2.24, 2.45) is 0 Å². The number of nitrogens with zero attached hydrogens (tertiary/aromatic N) is 2. The summed E-state index contributed by atoms with van der Waals surface area (Å²) in [6, 6.07) is 3.34. The van der Waals surface area contributed by atoms with E-state index in [4.69, 9.17) is 5.73 Å². The number of aryl methyl sites for hydroxylation is 2. The molecule has 6 nitrogen and oxygen atoms in total. The van der Waals surface area contributed by atoms with Crippen molar-refractivity contribution >= 4 is 53.3 Å². The highest BCUT2D eigenvalue weighted by atomic mass is 79.9. The lowest BCUT2D eigenvalue weighted by Crippen LogP contribution is -2.15. The summed E-state index contributed by atoms with van der Waals surface area (Å²) in [7, 11) is -3.79. The van der Waals surface area contributed by atoms with Crippen LogP contribution in [0.2, 0.25) is 0 Å². The van der Waals surface area contributed by atoms with Crippen LogP contribution in [0.4, 0.5) is 11.4 Å². The predicted octanol–water partition coefficient (Wildman–Crippen LogP) is 3.12. The summed E-state index contributed by atoms with van der Waals surface area (Å²) < 4.78 is 30.3. The van der Waals surface area contributed by atoms with E-state index in [0.29, 0.717) is 28.2 Å². The van der Waals surface area contributed by atoms with Crippen LogP contribution >= 0.6 is 31.9 Å². The summed E-state index contributed by atoms with van der Waals surface area (Å²) in [5.41, 5.74) is 6.46. The molecule has 0 bridgehead atoms. The number of hydrogen-bond donors (Lipinski definition) is 2. The Kier molecular flexibility index (Phi) is 4.64. The van der Waals surface area contributed by atoms with Crippen LogP contribution in [0.3, 0.4) is 0 Å². The molecule has 0 fully saturated rings. The molecule has 114 valence electrons. The van der Waals surface area contributed by atoms with Crippen LogP contribution in [0.15, 0.2) is 32.3 Å². The minimum Gasteiger partial charge on any atom is -0.397 e. The number of benzene rings is 1. The summed E-state index contributed by atoms with van der Waals surface area (Å²) in [6.45, 7) is 4.33. The highest BCUT2D eigenvalue weighted by Gasteiger charge is 2.21. The zero-order chi connectivity index (χ0) is 15.8. The topological polar surface area (TPSA) is 90.0 Å². The van der Waals surface area contributed by atoms with Crippen LogP contribution < -0.4 is 10.5 Å². The molecule has 9 heteroatoms. The average molecular weight is 438 g/mol. The van der Waals surface area contributed by atoms with Crippen LogP contribution in [0, 0.1) is 6.92 Å². The van der Waals surface area contributed by atoms with Crippen molar-refractivity contribution in [2.45, 2.75) is 25.4 Å². The Morgan fingerprint density at radius 2 is 2.05 bits per heavy atom. The highest BCUT2D eigenvalue weighted by Crippen LogP contribution is 2.34. The van der Waals surface area contributed by atoms with Crippen molar-refractivity contribution in [3.05, 3.63) is 33.1 Å². The molecule has 0 aliphatic carbocycles. The fourth-order valence-corrected chi connectivity index (χ4v) is 4.42. The van der Waals surface area contributed by atoms with Gasteiger partial charge in [-0.2, -0.15) is 8.42 Å². The number of nitrogen functional groups attached to an aromatic ring is 1. The summed E-state index contributed by atoms with van der Waals surface area (Å²) in [4.78, 5) is 4.07. The number of aromatic nitrogens is 2. The number of sulfonamides is 1. The molecule has 21 heavy (non-hydrogen) atoms. The SMILES string of the molecule is CCn1cc(S(=O)(=O)Nc2c(N)cc(Br)cc2Br)nc1C. The van der Waals surface area contributed by atoms with Crippen molar-refractivity contribution in [3.8, 4) is 0 Å². The fraction of sp³-hybridized carbons (Fsp3) is 0.250. The van der Waals surface area contributed by atoms with E-state index in [1.807, 2.05) is 6.92 Å². The Bertz CT molecular complexity index is 764. The molecule has 1 aromatic heterocycles. The second-order valence-corrected chi connectivity index (χ2v) is 7.77. The molecule has 0 spiro atoms. The minimum atomic E-state index is -3.79. The number of anilines is 2. The smallest absolute Gasteiger partial charge is 0.281 e. The molecule has 0 aliphatic heterocycles. The van der Waals surface area contributed by atoms with Gasteiger partial charge in [0.1, 0.15) is 5.82 Å². The van der Waals surface area contributed by atoms with E-state index < -0.39 is 10.0 Å². The molecule has 3 N–H and O–H groups in total. The standard InChI is InChI=1S/C12H14Br2N4O2S/c1-3-18-6-11(16-7(18)2)21(19,20)17-12-9(14)4-8(13)5-10(12)15/h4-6,17H,3,15H2,1-2H3. The van der Waals surface area contributed by atoms with Gasteiger partial charge in [0.25, 0.3) is 10.0 Å². The first kappa shape index (κ1) is 16.3. The highest BCUT2D eigenvalue weighted by molar-refractivity contribution is 9.11. The molecule has 0 aliphatic rings. The zero-order valence-electron chi connectivity index (χ0n) is 11.4. The van der Waals surface area contributed by atoms with Crippen molar-refractivity contribution < 1.29 is 8.42 Å². The van der Waals surface area contributed by atoms with Crippen LogP contribution in [-0.2, 0) is 16.6 Å². The van der Waals surface area contributed by atoms with E-state index in [1.54, 1.807) is 23.6 Å². The van der Waals surface area contributed by atoms with E-state index in [0.717, 1.165) is 4.47 Å². The Morgan fingerprint density at radius 3 is 2.57 bits per heavy atom. The van der Waals surface area contributed by atoms with Gasteiger partial charge in [-0.15, -0.1) is 0 Å². The first-order valence-electron chi connectivity index (χ1n) is 6.05. The molecule has 0 saturated heterocycles. The number of hydrogen-bond acceptors (Lipinski definition) is 4. The van der Waals surface area contributed by atoms with Gasteiger partial charge >= 0.3 is 0 Å². The van der Waals surface area contributed by atoms with Gasteiger partial charge in [0.15, 0.2) is 5.03 Å². The average Bonchev–Trinajstić information content (AvgIpc) is 2.76. The molecule has 2 rings (SSSR count). The molecule has 0 saturated carbocycles. The first-order valence-corrected chi connectivity index (χ1v) is 9.12. The monoisotopic (exact) mass is 436 g/mol. The van der Waals surface area contributed by atoms with E-state index >= 15 is 0 Å². The second-order valence-electron chi connectivity index (χ2n) is 4.37. The maximum Gasteiger partial charge on any atom is 0.281 e. The Morgan fingerprint density at radius 1 is 1.38 bits per heavy atom. The van der Waals surface area contributed by atoms with Crippen LogP contribution in [-0.4, -0.2) is 18.0 Å². The van der Waals surface area contributed by atoms with Gasteiger partial charge in [0.05, 0.1) is 11.4 Å². The first-order chi connectivity index (χ1) is 9.74. The van der Waals surface area contributed by atoms with Crippen molar-refractivity contribution in [2.75, 3.05) is 10.5 Å². The second kappa shape index (κ2) is 5.98. The number of nitrogens with one attached hydrogen (secondary N) is 1. The molecule has 0 amide bonds. The number of rotatable bonds is 4. The van der Waals surface area contributed by atoms with Gasteiger partial charge in [-0.05, 0) is 41.9 Å². The van der Waals surface area contributed by atoms with Gasteiger partial charge < -0.3 is 10.3 Å². The molecule has 2 aromatic rings. The predicted molar refractivity (Wildman–Crippen MR) is 89.7 cm³/mol. The summed E-state index contributed by atoms with van der Waals surface area (Å²) in [5.74, 6) is 0.640. The number of imidazole rings is 1. The number of nitrogens with two attached hydrogens (primary N) is 1. The Hall–Kier alpha value is -1.06. The maximum absolute atomic E-state index is 12.4. The lowest BCUT2D eigenvalue weighted by Gasteiger charge is -2.11. The Labute approximate surface area is 140 Å². The summed E-state index contributed by atoms with van der Waals surface area (Å²) >= 11 is 6.58.